The molecule has 0 bridgehead atoms. The molecule has 3 nitrogen and oxygen atoms in total. The maximum atomic E-state index is 11.3. The Balaban J connectivity index is 3.12. The third kappa shape index (κ3) is 6.15. The molecule has 2 atom stereocenters. The Hall–Kier alpha value is -1.84. The van der Waals surface area contributed by atoms with Crippen LogP contribution >= 0.6 is 0 Å². The molecular formula is C23H35NO2. The summed E-state index contributed by atoms with van der Waals surface area (Å²) in [7, 11) is 2.10. The van der Waals surface area contributed by atoms with Gasteiger partial charge in [-0.1, -0.05) is 58.6 Å². The zero-order valence-electron chi connectivity index (χ0n) is 16.9. The van der Waals surface area contributed by atoms with E-state index in [1.54, 1.807) is 18.2 Å². The summed E-state index contributed by atoms with van der Waals surface area (Å²) in [5, 5.41) is 11.3. The highest BCUT2D eigenvalue weighted by Crippen LogP contribution is 2.36. The van der Waals surface area contributed by atoms with Gasteiger partial charge in [-0.3, -0.25) is 0 Å². The van der Waals surface area contributed by atoms with Crippen LogP contribution in [0, 0.1) is 0 Å². The normalized spacial score (nSPS) is 15.4. The molecule has 0 aliphatic rings. The molecule has 144 valence electrons. The molecule has 0 saturated carbocycles. The van der Waals surface area contributed by atoms with E-state index in [-0.39, 0.29) is 5.92 Å². The molecule has 1 aromatic rings. The number of allylic oxidation sites excluding steroid dienone is 3. The van der Waals surface area contributed by atoms with Crippen LogP contribution in [0.15, 0.2) is 61.4 Å². The topological polar surface area (TPSA) is 32.7 Å². The standard InChI is InChI=1S/C23H35NO2/c1-7-12-20(9-3)26-21-15-13-19(14-16-21)22(18-24(6)11-5)23(25,10-4)17-8-2/h7,9,12-16,22,25H,1,3,8,10-11,17-18H2,2,4-6H3/b20-12+. The molecule has 0 aliphatic heterocycles. The molecule has 0 aliphatic carbocycles. The molecule has 0 radical (unpaired) electrons. The van der Waals surface area contributed by atoms with Crippen LogP contribution in [0.1, 0.15) is 51.5 Å². The fraction of sp³-hybridized carbons (Fsp3) is 0.478. The van der Waals surface area contributed by atoms with E-state index in [9.17, 15) is 5.11 Å². The fourth-order valence-corrected chi connectivity index (χ4v) is 3.22. The first kappa shape index (κ1) is 22.2. The number of benzene rings is 1. The average molecular weight is 358 g/mol. The molecule has 0 amide bonds. The van der Waals surface area contributed by atoms with Gasteiger partial charge in [-0.2, -0.15) is 0 Å². The first-order valence-corrected chi connectivity index (χ1v) is 9.57. The molecule has 0 saturated heterocycles. The van der Waals surface area contributed by atoms with Crippen molar-refractivity contribution in [3.63, 3.8) is 0 Å². The predicted octanol–water partition coefficient (Wildman–Crippen LogP) is 5.30. The van der Waals surface area contributed by atoms with Gasteiger partial charge < -0.3 is 14.7 Å². The largest absolute Gasteiger partial charge is 0.457 e. The summed E-state index contributed by atoms with van der Waals surface area (Å²) in [6, 6.07) is 8.04. The number of rotatable bonds is 12. The molecular weight excluding hydrogens is 322 g/mol. The second-order valence-corrected chi connectivity index (χ2v) is 6.79. The van der Waals surface area contributed by atoms with Gasteiger partial charge in [0.25, 0.3) is 0 Å². The zero-order valence-corrected chi connectivity index (χ0v) is 16.9. The summed E-state index contributed by atoms with van der Waals surface area (Å²) in [5.74, 6) is 1.47. The summed E-state index contributed by atoms with van der Waals surface area (Å²) in [5.41, 5.74) is 0.443. The van der Waals surface area contributed by atoms with Crippen molar-refractivity contribution < 1.29 is 9.84 Å². The molecule has 2 unspecified atom stereocenters. The van der Waals surface area contributed by atoms with E-state index in [0.29, 0.717) is 5.76 Å². The monoisotopic (exact) mass is 357 g/mol. The van der Waals surface area contributed by atoms with E-state index < -0.39 is 5.60 Å². The highest BCUT2D eigenvalue weighted by atomic mass is 16.5. The number of likely N-dealkylation sites (N-methyl/N-ethyl adjacent to an activating group) is 1. The van der Waals surface area contributed by atoms with Crippen LogP contribution in [0.4, 0.5) is 0 Å². The van der Waals surface area contributed by atoms with Crippen LogP contribution in [-0.2, 0) is 0 Å². The van der Waals surface area contributed by atoms with Crippen LogP contribution in [-0.4, -0.2) is 35.7 Å². The van der Waals surface area contributed by atoms with Crippen molar-refractivity contribution in [3.05, 3.63) is 67.0 Å². The molecule has 26 heavy (non-hydrogen) atoms. The van der Waals surface area contributed by atoms with Crippen molar-refractivity contribution in [2.75, 3.05) is 20.1 Å². The van der Waals surface area contributed by atoms with Gasteiger partial charge in [0.05, 0.1) is 5.60 Å². The minimum atomic E-state index is -0.699. The summed E-state index contributed by atoms with van der Waals surface area (Å²) in [4.78, 5) is 2.26. The highest BCUT2D eigenvalue weighted by molar-refractivity contribution is 5.33. The zero-order chi connectivity index (χ0) is 19.6. The lowest BCUT2D eigenvalue weighted by molar-refractivity contribution is -0.00947. The Morgan fingerprint density at radius 2 is 1.88 bits per heavy atom. The predicted molar refractivity (Wildman–Crippen MR) is 112 cm³/mol. The lowest BCUT2D eigenvalue weighted by Crippen LogP contribution is -2.41. The van der Waals surface area contributed by atoms with E-state index >= 15 is 0 Å². The van der Waals surface area contributed by atoms with Gasteiger partial charge in [0.2, 0.25) is 0 Å². The Bertz CT molecular complexity index is 591. The van der Waals surface area contributed by atoms with E-state index in [4.69, 9.17) is 4.74 Å². The summed E-state index contributed by atoms with van der Waals surface area (Å²) < 4.78 is 5.80. The Morgan fingerprint density at radius 3 is 2.35 bits per heavy atom. The van der Waals surface area contributed by atoms with Gasteiger partial charge in [0.15, 0.2) is 0 Å². The molecule has 0 heterocycles. The van der Waals surface area contributed by atoms with Gasteiger partial charge in [-0.25, -0.2) is 0 Å². The van der Waals surface area contributed by atoms with Gasteiger partial charge >= 0.3 is 0 Å². The van der Waals surface area contributed by atoms with Crippen molar-refractivity contribution >= 4 is 0 Å². The molecule has 0 aromatic heterocycles. The molecule has 0 fully saturated rings. The van der Waals surface area contributed by atoms with Gasteiger partial charge in [0.1, 0.15) is 11.5 Å². The maximum Gasteiger partial charge on any atom is 0.127 e. The third-order valence-corrected chi connectivity index (χ3v) is 4.98. The van der Waals surface area contributed by atoms with Crippen molar-refractivity contribution in [2.45, 2.75) is 51.6 Å². The van der Waals surface area contributed by atoms with Gasteiger partial charge in [-0.05, 0) is 56.3 Å². The quantitative estimate of drug-likeness (QED) is 0.407. The number of ether oxygens (including phenoxy) is 1. The molecule has 1 N–H and O–H groups in total. The van der Waals surface area contributed by atoms with Crippen molar-refractivity contribution in [1.82, 2.24) is 4.90 Å². The molecule has 1 aromatic carbocycles. The fourth-order valence-electron chi connectivity index (χ4n) is 3.22. The Morgan fingerprint density at radius 1 is 1.23 bits per heavy atom. The summed E-state index contributed by atoms with van der Waals surface area (Å²) in [6.07, 6.45) is 7.61. The first-order chi connectivity index (χ1) is 12.4. The Kier molecular flexibility index (Phi) is 9.39. The SMILES string of the molecule is C=C/C=C(\C=C)Oc1ccc(C(CN(C)CC)C(O)(CC)CCC)cc1. The van der Waals surface area contributed by atoms with E-state index in [0.717, 1.165) is 43.7 Å². The van der Waals surface area contributed by atoms with Crippen molar-refractivity contribution in [2.24, 2.45) is 0 Å². The lowest BCUT2D eigenvalue weighted by Gasteiger charge is -2.38. The maximum absolute atomic E-state index is 11.3. The number of hydrogen-bond donors (Lipinski definition) is 1. The van der Waals surface area contributed by atoms with Gasteiger partial charge in [0, 0.05) is 12.5 Å². The second-order valence-electron chi connectivity index (χ2n) is 6.79. The van der Waals surface area contributed by atoms with Crippen molar-refractivity contribution in [1.29, 1.82) is 0 Å². The molecule has 0 spiro atoms. The van der Waals surface area contributed by atoms with E-state index in [1.165, 1.54) is 0 Å². The minimum Gasteiger partial charge on any atom is -0.457 e. The Labute approximate surface area is 159 Å². The number of aliphatic hydroxyl groups is 1. The van der Waals surface area contributed by atoms with E-state index in [1.807, 2.05) is 12.1 Å². The van der Waals surface area contributed by atoms with Crippen molar-refractivity contribution in [3.8, 4) is 5.75 Å². The highest BCUT2D eigenvalue weighted by Gasteiger charge is 2.35. The summed E-state index contributed by atoms with van der Waals surface area (Å²) >= 11 is 0. The first-order valence-electron chi connectivity index (χ1n) is 9.57. The summed E-state index contributed by atoms with van der Waals surface area (Å²) in [6.45, 7) is 15.6. The average Bonchev–Trinajstić information content (AvgIpc) is 2.66. The van der Waals surface area contributed by atoms with Gasteiger partial charge in [-0.15, -0.1) is 0 Å². The molecule has 3 heteroatoms. The molecule has 1 rings (SSSR count). The van der Waals surface area contributed by atoms with Crippen LogP contribution < -0.4 is 4.74 Å². The van der Waals surface area contributed by atoms with E-state index in [2.05, 4.69) is 58.0 Å². The van der Waals surface area contributed by atoms with Crippen LogP contribution in [0.2, 0.25) is 0 Å². The smallest absolute Gasteiger partial charge is 0.127 e. The third-order valence-electron chi connectivity index (χ3n) is 4.98. The lowest BCUT2D eigenvalue weighted by atomic mass is 9.77. The van der Waals surface area contributed by atoms with Crippen LogP contribution in [0.5, 0.6) is 5.75 Å². The number of nitrogens with zero attached hydrogens (tertiary/aromatic N) is 1. The minimum absolute atomic E-state index is 0.0639. The second kappa shape index (κ2) is 11.0. The number of hydrogen-bond acceptors (Lipinski definition) is 3. The van der Waals surface area contributed by atoms with Crippen LogP contribution in [0.25, 0.3) is 0 Å². The van der Waals surface area contributed by atoms with Crippen LogP contribution in [0.3, 0.4) is 0 Å².